The van der Waals surface area contributed by atoms with Crippen molar-refractivity contribution in [2.75, 3.05) is 5.32 Å². The number of aromatic nitrogens is 2. The number of nitrogens with zero attached hydrogens (tertiary/aromatic N) is 2. The summed E-state index contributed by atoms with van der Waals surface area (Å²) < 4.78 is 26.7. The highest BCUT2D eigenvalue weighted by Gasteiger charge is 2.59. The van der Waals surface area contributed by atoms with Crippen molar-refractivity contribution < 1.29 is 18.4 Å². The Bertz CT molecular complexity index is 937. The standard InChI is InChI=1S/C19H20F2N4O2/c1-18(2,3)17(27)25-9-13-14(19(25)4-5-19)23-24-15(13)22-16(26)10-6-11(20)8-12(21)7-10/h6-8H,4-5,9H2,1-3H3,(H2,22,23,24,26). The van der Waals surface area contributed by atoms with Crippen molar-refractivity contribution in [2.24, 2.45) is 5.41 Å². The molecule has 0 atom stereocenters. The molecule has 1 spiro atoms. The number of rotatable bonds is 2. The monoisotopic (exact) mass is 374 g/mol. The number of benzene rings is 1. The minimum absolute atomic E-state index is 0.0362. The Hall–Kier alpha value is -2.77. The normalized spacial score (nSPS) is 17.1. The summed E-state index contributed by atoms with van der Waals surface area (Å²) in [5, 5.41) is 9.71. The summed E-state index contributed by atoms with van der Waals surface area (Å²) in [7, 11) is 0. The van der Waals surface area contributed by atoms with Crippen LogP contribution < -0.4 is 5.32 Å². The molecule has 142 valence electrons. The highest BCUT2D eigenvalue weighted by Crippen LogP contribution is 2.57. The largest absolute Gasteiger partial charge is 0.326 e. The van der Waals surface area contributed by atoms with Crippen LogP contribution in [0.5, 0.6) is 0 Å². The highest BCUT2D eigenvalue weighted by molar-refractivity contribution is 6.04. The first-order valence-corrected chi connectivity index (χ1v) is 8.79. The van der Waals surface area contributed by atoms with Gasteiger partial charge in [-0.2, -0.15) is 5.10 Å². The summed E-state index contributed by atoms with van der Waals surface area (Å²) in [5.41, 5.74) is 0.553. The van der Waals surface area contributed by atoms with Crippen molar-refractivity contribution in [3.8, 4) is 0 Å². The summed E-state index contributed by atoms with van der Waals surface area (Å²) in [6.07, 6.45) is 1.68. The first kappa shape index (κ1) is 17.6. The molecule has 6 nitrogen and oxygen atoms in total. The van der Waals surface area contributed by atoms with Gasteiger partial charge in [0.05, 0.1) is 17.8 Å². The van der Waals surface area contributed by atoms with Crippen LogP contribution in [0.25, 0.3) is 0 Å². The van der Waals surface area contributed by atoms with Gasteiger partial charge in [-0.25, -0.2) is 8.78 Å². The van der Waals surface area contributed by atoms with Crippen LogP contribution in [-0.4, -0.2) is 26.9 Å². The Labute approximate surface area is 154 Å². The number of hydrogen-bond donors (Lipinski definition) is 2. The van der Waals surface area contributed by atoms with E-state index in [1.165, 1.54) is 0 Å². The van der Waals surface area contributed by atoms with Gasteiger partial charge in [0.25, 0.3) is 5.91 Å². The Morgan fingerprint density at radius 1 is 1.19 bits per heavy atom. The van der Waals surface area contributed by atoms with Gasteiger partial charge in [0.2, 0.25) is 5.91 Å². The fourth-order valence-corrected chi connectivity index (χ4v) is 3.63. The van der Waals surface area contributed by atoms with Crippen molar-refractivity contribution in [1.29, 1.82) is 0 Å². The molecule has 2 heterocycles. The molecule has 1 aromatic heterocycles. The third kappa shape index (κ3) is 2.79. The van der Waals surface area contributed by atoms with Crippen molar-refractivity contribution >= 4 is 17.6 Å². The zero-order valence-corrected chi connectivity index (χ0v) is 15.3. The van der Waals surface area contributed by atoms with Crippen LogP contribution in [0.3, 0.4) is 0 Å². The van der Waals surface area contributed by atoms with Gasteiger partial charge in [-0.3, -0.25) is 14.7 Å². The zero-order chi connectivity index (χ0) is 19.6. The fourth-order valence-electron chi connectivity index (χ4n) is 3.63. The third-order valence-electron chi connectivity index (χ3n) is 5.13. The molecule has 8 heteroatoms. The second kappa shape index (κ2) is 5.61. The van der Waals surface area contributed by atoms with Crippen LogP contribution in [-0.2, 0) is 16.9 Å². The number of anilines is 1. The number of hydrogen-bond acceptors (Lipinski definition) is 3. The molecule has 0 saturated heterocycles. The minimum Gasteiger partial charge on any atom is -0.326 e. The van der Waals surface area contributed by atoms with Gasteiger partial charge in [-0.05, 0) is 25.0 Å². The molecule has 2 N–H and O–H groups in total. The first-order valence-electron chi connectivity index (χ1n) is 8.79. The predicted octanol–water partition coefficient (Wildman–Crippen LogP) is 3.32. The van der Waals surface area contributed by atoms with Gasteiger partial charge >= 0.3 is 0 Å². The Kier molecular flexibility index (Phi) is 3.66. The molecule has 4 rings (SSSR count). The SMILES string of the molecule is CC(C)(C)C(=O)N1Cc2c(NC(=O)c3cc(F)cc(F)c3)n[nH]c2C12CC2. The van der Waals surface area contributed by atoms with E-state index in [2.05, 4.69) is 15.5 Å². The van der Waals surface area contributed by atoms with Crippen molar-refractivity contribution in [1.82, 2.24) is 15.1 Å². The molecule has 0 radical (unpaired) electrons. The number of halogens is 2. The average molecular weight is 374 g/mol. The van der Waals surface area contributed by atoms with E-state index in [-0.39, 0.29) is 22.8 Å². The van der Waals surface area contributed by atoms with Gasteiger partial charge in [0, 0.05) is 22.6 Å². The number of aromatic amines is 1. The van der Waals surface area contributed by atoms with Crippen LogP contribution in [0.15, 0.2) is 18.2 Å². The Morgan fingerprint density at radius 2 is 1.81 bits per heavy atom. The summed E-state index contributed by atoms with van der Waals surface area (Å²) in [4.78, 5) is 27.1. The summed E-state index contributed by atoms with van der Waals surface area (Å²) in [6.45, 7) is 5.96. The molecule has 1 aliphatic heterocycles. The van der Waals surface area contributed by atoms with Crippen molar-refractivity contribution in [2.45, 2.75) is 45.7 Å². The van der Waals surface area contributed by atoms with Crippen LogP contribution in [0, 0.1) is 17.0 Å². The number of amides is 2. The topological polar surface area (TPSA) is 78.1 Å². The van der Waals surface area contributed by atoms with Gasteiger partial charge < -0.3 is 10.2 Å². The van der Waals surface area contributed by atoms with E-state index < -0.39 is 23.0 Å². The molecule has 2 amide bonds. The third-order valence-corrected chi connectivity index (χ3v) is 5.13. The minimum atomic E-state index is -0.828. The van der Waals surface area contributed by atoms with E-state index in [0.29, 0.717) is 12.6 Å². The molecule has 1 aliphatic carbocycles. The van der Waals surface area contributed by atoms with E-state index in [9.17, 15) is 18.4 Å². The average Bonchev–Trinajstić information content (AvgIpc) is 3.16. The quantitative estimate of drug-likeness (QED) is 0.847. The number of carbonyl (C=O) groups is 2. The fraction of sp³-hybridized carbons (Fsp3) is 0.421. The maximum Gasteiger partial charge on any atom is 0.257 e. The molecule has 1 aromatic carbocycles. The lowest BCUT2D eigenvalue weighted by Crippen LogP contribution is -2.42. The molecule has 27 heavy (non-hydrogen) atoms. The van der Waals surface area contributed by atoms with Gasteiger partial charge in [0.15, 0.2) is 5.82 Å². The molecule has 1 saturated carbocycles. The maximum atomic E-state index is 13.4. The van der Waals surface area contributed by atoms with Crippen molar-refractivity contribution in [3.05, 3.63) is 46.7 Å². The van der Waals surface area contributed by atoms with Crippen LogP contribution in [0.2, 0.25) is 0 Å². The molecular weight excluding hydrogens is 354 g/mol. The van der Waals surface area contributed by atoms with E-state index in [1.807, 2.05) is 25.7 Å². The summed E-state index contributed by atoms with van der Waals surface area (Å²) in [5.74, 6) is -1.99. The van der Waals surface area contributed by atoms with E-state index in [1.54, 1.807) is 0 Å². The summed E-state index contributed by atoms with van der Waals surface area (Å²) in [6, 6.07) is 2.63. The van der Waals surface area contributed by atoms with Crippen LogP contribution >= 0.6 is 0 Å². The predicted molar refractivity (Wildman–Crippen MR) is 93.8 cm³/mol. The van der Waals surface area contributed by atoms with Gasteiger partial charge in [-0.1, -0.05) is 20.8 Å². The zero-order valence-electron chi connectivity index (χ0n) is 15.3. The van der Waals surface area contributed by atoms with Crippen molar-refractivity contribution in [3.63, 3.8) is 0 Å². The van der Waals surface area contributed by atoms with Gasteiger partial charge in [0.1, 0.15) is 11.6 Å². The van der Waals surface area contributed by atoms with Gasteiger partial charge in [-0.15, -0.1) is 0 Å². The molecule has 2 aliphatic rings. The van der Waals surface area contributed by atoms with Crippen LogP contribution in [0.1, 0.15) is 55.2 Å². The lowest BCUT2D eigenvalue weighted by molar-refractivity contribution is -0.143. The number of nitrogens with one attached hydrogen (secondary N) is 2. The smallest absolute Gasteiger partial charge is 0.257 e. The second-order valence-electron chi connectivity index (χ2n) is 8.21. The molecular formula is C19H20F2N4O2. The number of carbonyl (C=O) groups excluding carboxylic acids is 2. The lowest BCUT2D eigenvalue weighted by atomic mass is 9.94. The first-order chi connectivity index (χ1) is 12.6. The molecule has 1 fully saturated rings. The Balaban J connectivity index is 1.61. The van der Waals surface area contributed by atoms with E-state index in [4.69, 9.17) is 0 Å². The van der Waals surface area contributed by atoms with Crippen LogP contribution in [0.4, 0.5) is 14.6 Å². The molecule has 0 bridgehead atoms. The summed E-state index contributed by atoms with van der Waals surface area (Å²) >= 11 is 0. The Morgan fingerprint density at radius 3 is 2.37 bits per heavy atom. The maximum absolute atomic E-state index is 13.4. The highest BCUT2D eigenvalue weighted by atomic mass is 19.1. The molecule has 0 unspecified atom stereocenters. The number of H-pyrrole nitrogens is 1. The number of fused-ring (bicyclic) bond motifs is 2. The second-order valence-corrected chi connectivity index (χ2v) is 8.21. The van der Waals surface area contributed by atoms with E-state index in [0.717, 1.165) is 36.2 Å². The lowest BCUT2D eigenvalue weighted by Gasteiger charge is -2.31. The molecule has 2 aromatic rings. The van der Waals surface area contributed by atoms with E-state index >= 15 is 0 Å².